The van der Waals surface area contributed by atoms with Crippen LogP contribution in [-0.2, 0) is 4.74 Å². The lowest BCUT2D eigenvalue weighted by Gasteiger charge is -1.98. The molecule has 10 nitrogen and oxygen atoms in total. The van der Waals surface area contributed by atoms with E-state index in [2.05, 4.69) is 53.5 Å². The average Bonchev–Trinajstić information content (AvgIpc) is 2.99. The van der Waals surface area contributed by atoms with Crippen molar-refractivity contribution in [1.82, 2.24) is 30.0 Å². The molecule has 0 aromatic carbocycles. The van der Waals surface area contributed by atoms with Crippen molar-refractivity contribution in [3.63, 3.8) is 0 Å². The molecule has 3 aromatic rings. The van der Waals surface area contributed by atoms with Gasteiger partial charge in [-0.2, -0.15) is 9.61 Å². The van der Waals surface area contributed by atoms with Crippen LogP contribution in [0, 0.1) is 7.40 Å². The van der Waals surface area contributed by atoms with E-state index in [-0.39, 0.29) is 5.82 Å². The zero-order valence-corrected chi connectivity index (χ0v) is 16.7. The molecule has 0 unspecified atom stereocenters. The summed E-state index contributed by atoms with van der Waals surface area (Å²) in [5, 5.41) is 19.1. The molecular weight excluding hydrogens is 542 g/mol. The molecule has 0 radical (unpaired) electrons. The van der Waals surface area contributed by atoms with Gasteiger partial charge in [-0.1, -0.05) is 0 Å². The van der Waals surface area contributed by atoms with E-state index in [0.29, 0.717) is 18.1 Å². The summed E-state index contributed by atoms with van der Waals surface area (Å²) in [6.07, 6.45) is 0. The highest BCUT2D eigenvalue weighted by Gasteiger charge is 2.16. The van der Waals surface area contributed by atoms with Crippen molar-refractivity contribution in [3.8, 4) is 0 Å². The molecule has 0 amide bonds. The summed E-state index contributed by atoms with van der Waals surface area (Å²) < 4.78 is 7.81. The topological polar surface area (TPSA) is 133 Å². The molecule has 0 spiro atoms. The fourth-order valence-electron chi connectivity index (χ4n) is 1.48. The molecule has 0 aliphatic heterocycles. The van der Waals surface area contributed by atoms with Gasteiger partial charge in [0.05, 0.1) is 6.61 Å². The number of carbonyl (C=O) groups is 1. The third-order valence-electron chi connectivity index (χ3n) is 2.47. The highest BCUT2D eigenvalue weighted by atomic mass is 127. The molecule has 0 aliphatic rings. The van der Waals surface area contributed by atoms with E-state index in [1.807, 2.05) is 28.7 Å². The van der Waals surface area contributed by atoms with Gasteiger partial charge in [0.1, 0.15) is 7.40 Å². The monoisotopic (exact) mass is 554 g/mol. The van der Waals surface area contributed by atoms with Crippen LogP contribution in [0.5, 0.6) is 0 Å². The van der Waals surface area contributed by atoms with Gasteiger partial charge in [-0.3, -0.25) is 0 Å². The zero-order chi connectivity index (χ0) is 17.5. The standard InChI is InChI=1S/C8H7IN4O2.C4H5IN4/c1-2-15-8(14)7-11-10-6-4-3-5(9)12-13(6)7;5-3-1-2-4(7-6)9-8-3/h3-4H,2H2,1H3;1-2H,6H2,(H,7,9). The maximum atomic E-state index is 11.4. The Morgan fingerprint density at radius 3 is 2.54 bits per heavy atom. The molecule has 0 bridgehead atoms. The quantitative estimate of drug-likeness (QED) is 0.213. The number of rotatable bonds is 3. The second-order valence-corrected chi connectivity index (χ2v) is 6.27. The lowest BCUT2D eigenvalue weighted by molar-refractivity contribution is 0.0508. The van der Waals surface area contributed by atoms with Gasteiger partial charge in [-0.05, 0) is 76.4 Å². The number of anilines is 1. The third-order valence-corrected chi connectivity index (χ3v) is 3.62. The molecule has 0 atom stereocenters. The number of esters is 1. The van der Waals surface area contributed by atoms with Crippen LogP contribution in [-0.4, -0.2) is 42.6 Å². The normalized spacial score (nSPS) is 10.0. The first-order valence-electron chi connectivity index (χ1n) is 6.56. The van der Waals surface area contributed by atoms with E-state index in [1.54, 1.807) is 25.1 Å². The van der Waals surface area contributed by atoms with E-state index in [9.17, 15) is 4.79 Å². The SMILES string of the molecule is CCOC(=O)c1nnc2ccc(I)nn12.NNc1ccc(I)nn1. The van der Waals surface area contributed by atoms with Crippen LogP contribution >= 0.6 is 45.2 Å². The maximum Gasteiger partial charge on any atom is 0.378 e. The van der Waals surface area contributed by atoms with Gasteiger partial charge in [0.15, 0.2) is 11.5 Å². The zero-order valence-electron chi connectivity index (χ0n) is 12.3. The number of ether oxygens (including phenoxy) is 1. The van der Waals surface area contributed by atoms with Crippen LogP contribution in [0.2, 0.25) is 0 Å². The Labute approximate surface area is 163 Å². The summed E-state index contributed by atoms with van der Waals surface area (Å²) in [5.41, 5.74) is 2.90. The lowest BCUT2D eigenvalue weighted by Crippen LogP contribution is -2.11. The smallest absolute Gasteiger partial charge is 0.378 e. The number of hydrogen-bond donors (Lipinski definition) is 2. The first-order chi connectivity index (χ1) is 11.5. The second-order valence-electron chi connectivity index (χ2n) is 4.06. The fraction of sp³-hybridized carbons (Fsp3) is 0.167. The molecule has 0 fully saturated rings. The predicted molar refractivity (Wildman–Crippen MR) is 102 cm³/mol. The van der Waals surface area contributed by atoms with E-state index < -0.39 is 5.97 Å². The first kappa shape index (κ1) is 18.7. The summed E-state index contributed by atoms with van der Waals surface area (Å²) in [4.78, 5) is 11.4. The van der Waals surface area contributed by atoms with E-state index in [0.717, 1.165) is 7.40 Å². The summed E-state index contributed by atoms with van der Waals surface area (Å²) in [6.45, 7) is 2.04. The molecule has 0 saturated heterocycles. The Balaban J connectivity index is 0.000000198. The van der Waals surface area contributed by atoms with Crippen molar-refractivity contribution < 1.29 is 9.53 Å². The molecular formula is C12H12I2N8O2. The number of fused-ring (bicyclic) bond motifs is 1. The predicted octanol–water partition coefficient (Wildman–Crippen LogP) is 1.27. The van der Waals surface area contributed by atoms with Crippen LogP contribution < -0.4 is 11.3 Å². The number of nitrogens with two attached hydrogens (primary N) is 1. The Morgan fingerprint density at radius 2 is 1.92 bits per heavy atom. The van der Waals surface area contributed by atoms with Crippen molar-refractivity contribution in [2.45, 2.75) is 6.92 Å². The minimum absolute atomic E-state index is 0.102. The van der Waals surface area contributed by atoms with Crippen LogP contribution in [0.4, 0.5) is 5.82 Å². The van der Waals surface area contributed by atoms with Crippen molar-refractivity contribution in [2.24, 2.45) is 5.84 Å². The molecule has 126 valence electrons. The number of halogens is 2. The molecule has 0 saturated carbocycles. The van der Waals surface area contributed by atoms with Gasteiger partial charge >= 0.3 is 5.97 Å². The number of carbonyl (C=O) groups excluding carboxylic acids is 1. The van der Waals surface area contributed by atoms with E-state index in [4.69, 9.17) is 10.6 Å². The number of nitrogens with one attached hydrogen (secondary N) is 1. The van der Waals surface area contributed by atoms with Gasteiger partial charge in [0.2, 0.25) is 0 Å². The van der Waals surface area contributed by atoms with Crippen molar-refractivity contribution in [1.29, 1.82) is 0 Å². The van der Waals surface area contributed by atoms with Crippen molar-refractivity contribution in [3.05, 3.63) is 37.5 Å². The summed E-state index contributed by atoms with van der Waals surface area (Å²) in [7, 11) is 0. The van der Waals surface area contributed by atoms with Gasteiger partial charge < -0.3 is 10.2 Å². The highest BCUT2D eigenvalue weighted by Crippen LogP contribution is 2.06. The maximum absolute atomic E-state index is 11.4. The molecule has 12 heteroatoms. The molecule has 0 aliphatic carbocycles. The van der Waals surface area contributed by atoms with Gasteiger partial charge in [-0.15, -0.1) is 20.4 Å². The molecule has 3 aromatic heterocycles. The molecule has 3 heterocycles. The second kappa shape index (κ2) is 8.97. The Morgan fingerprint density at radius 1 is 1.17 bits per heavy atom. The van der Waals surface area contributed by atoms with Crippen LogP contribution in [0.1, 0.15) is 17.5 Å². The van der Waals surface area contributed by atoms with Crippen LogP contribution in [0.3, 0.4) is 0 Å². The van der Waals surface area contributed by atoms with Gasteiger partial charge in [-0.25, -0.2) is 10.6 Å². The number of nitrogens with zero attached hydrogens (tertiary/aromatic N) is 6. The number of aromatic nitrogens is 6. The number of hydrogen-bond acceptors (Lipinski definition) is 9. The Kier molecular flexibility index (Phi) is 6.98. The minimum Gasteiger partial charge on any atom is -0.460 e. The van der Waals surface area contributed by atoms with Gasteiger partial charge in [0, 0.05) is 0 Å². The Hall–Kier alpha value is -1.68. The third kappa shape index (κ3) is 4.91. The largest absolute Gasteiger partial charge is 0.460 e. The van der Waals surface area contributed by atoms with Crippen molar-refractivity contribution >= 4 is 62.6 Å². The van der Waals surface area contributed by atoms with Gasteiger partial charge in [0.25, 0.3) is 5.82 Å². The summed E-state index contributed by atoms with van der Waals surface area (Å²) in [5.74, 6) is 5.21. The average molecular weight is 554 g/mol. The van der Waals surface area contributed by atoms with E-state index in [1.165, 1.54) is 4.52 Å². The lowest BCUT2D eigenvalue weighted by atomic mass is 10.5. The first-order valence-corrected chi connectivity index (χ1v) is 8.71. The van der Waals surface area contributed by atoms with Crippen molar-refractivity contribution in [2.75, 3.05) is 12.0 Å². The van der Waals surface area contributed by atoms with E-state index >= 15 is 0 Å². The van der Waals surface area contributed by atoms with Crippen LogP contribution in [0.15, 0.2) is 24.3 Å². The fourth-order valence-corrected chi connectivity index (χ4v) is 2.17. The highest BCUT2D eigenvalue weighted by molar-refractivity contribution is 14.1. The summed E-state index contributed by atoms with van der Waals surface area (Å²) in [6, 6.07) is 7.11. The molecule has 3 rings (SSSR count). The summed E-state index contributed by atoms with van der Waals surface area (Å²) >= 11 is 4.12. The molecule has 3 N–H and O–H groups in total. The molecule has 24 heavy (non-hydrogen) atoms. The Bertz CT molecular complexity index is 824. The minimum atomic E-state index is -0.514. The number of hydrazine groups is 1. The number of nitrogen functional groups attached to an aromatic ring is 1. The van der Waals surface area contributed by atoms with Crippen LogP contribution in [0.25, 0.3) is 5.65 Å².